The lowest BCUT2D eigenvalue weighted by Crippen LogP contribution is -2.30. The molecule has 17 heavy (non-hydrogen) atoms. The molecule has 0 aliphatic carbocycles. The summed E-state index contributed by atoms with van der Waals surface area (Å²) in [5.74, 6) is 0.888. The summed E-state index contributed by atoms with van der Waals surface area (Å²) in [4.78, 5) is 13.6. The first kappa shape index (κ1) is 19.1. The minimum Gasteiger partial charge on any atom is -0.345 e. The monoisotopic (exact) mass is 264 g/mol. The first-order chi connectivity index (χ1) is 7.61. The third-order valence-corrected chi connectivity index (χ3v) is 3.05. The van der Waals surface area contributed by atoms with Gasteiger partial charge in [0.1, 0.15) is 0 Å². The van der Waals surface area contributed by atoms with Crippen molar-refractivity contribution in [3.63, 3.8) is 0 Å². The number of hydrogen-bond donors (Lipinski definition) is 1. The Bertz CT molecular complexity index is 188. The molecule has 0 rings (SSSR count). The van der Waals surface area contributed by atoms with Gasteiger partial charge in [0.15, 0.2) is 0 Å². The minimum atomic E-state index is 0. The molecule has 0 radical (unpaired) electrons. The molecule has 104 valence electrons. The highest BCUT2D eigenvalue weighted by atomic mass is 35.5. The lowest BCUT2D eigenvalue weighted by atomic mass is 10.1. The summed E-state index contributed by atoms with van der Waals surface area (Å²) in [5.41, 5.74) is 5.41. The third kappa shape index (κ3) is 10.6. The molecule has 0 aromatic carbocycles. The summed E-state index contributed by atoms with van der Waals surface area (Å²) in [6.07, 6.45) is 6.19. The van der Waals surface area contributed by atoms with Crippen LogP contribution < -0.4 is 5.73 Å². The Morgan fingerprint density at radius 3 is 2.35 bits per heavy atom. The van der Waals surface area contributed by atoms with E-state index >= 15 is 0 Å². The predicted octanol–water partition coefficient (Wildman–Crippen LogP) is 2.82. The van der Waals surface area contributed by atoms with Crippen LogP contribution in [0.25, 0.3) is 0 Å². The van der Waals surface area contributed by atoms with E-state index in [0.29, 0.717) is 12.3 Å². The molecule has 0 aromatic rings. The van der Waals surface area contributed by atoms with Crippen LogP contribution in [0.5, 0.6) is 0 Å². The Morgan fingerprint density at radius 2 is 1.82 bits per heavy atom. The van der Waals surface area contributed by atoms with Gasteiger partial charge in [0.05, 0.1) is 0 Å². The Hall–Kier alpha value is -0.280. The van der Waals surface area contributed by atoms with E-state index in [0.717, 1.165) is 45.2 Å². The molecule has 2 N–H and O–H groups in total. The zero-order valence-corrected chi connectivity index (χ0v) is 12.4. The van der Waals surface area contributed by atoms with Gasteiger partial charge in [-0.3, -0.25) is 4.79 Å². The number of carbonyl (C=O) groups is 1. The number of nitrogens with zero attached hydrogens (tertiary/aromatic N) is 1. The van der Waals surface area contributed by atoms with Crippen molar-refractivity contribution in [2.45, 2.75) is 52.4 Å². The van der Waals surface area contributed by atoms with E-state index in [-0.39, 0.29) is 18.3 Å². The molecule has 0 aliphatic rings. The van der Waals surface area contributed by atoms with E-state index in [4.69, 9.17) is 5.73 Å². The van der Waals surface area contributed by atoms with E-state index in [2.05, 4.69) is 13.8 Å². The zero-order chi connectivity index (χ0) is 12.4. The topological polar surface area (TPSA) is 46.3 Å². The highest BCUT2D eigenvalue weighted by Gasteiger charge is 2.10. The van der Waals surface area contributed by atoms with E-state index in [1.165, 1.54) is 0 Å². The van der Waals surface area contributed by atoms with Crippen LogP contribution in [0.15, 0.2) is 0 Å². The molecule has 0 spiro atoms. The molecule has 1 unspecified atom stereocenters. The standard InChI is InChI=1S/C13H28N2O.ClH/c1-4-12(2)11-15(3)13(16)9-7-5-6-8-10-14;/h12H,4-11,14H2,1-3H3;1H. The molecule has 0 heterocycles. The van der Waals surface area contributed by atoms with Gasteiger partial charge in [-0.2, -0.15) is 0 Å². The largest absolute Gasteiger partial charge is 0.345 e. The number of carbonyl (C=O) groups excluding carboxylic acids is 1. The smallest absolute Gasteiger partial charge is 0.222 e. The third-order valence-electron chi connectivity index (χ3n) is 3.05. The van der Waals surface area contributed by atoms with Crippen molar-refractivity contribution in [3.8, 4) is 0 Å². The Balaban J connectivity index is 0. The van der Waals surface area contributed by atoms with Crippen LogP contribution in [0.4, 0.5) is 0 Å². The second-order valence-corrected chi connectivity index (χ2v) is 4.74. The van der Waals surface area contributed by atoms with Gasteiger partial charge in [-0.25, -0.2) is 0 Å². The van der Waals surface area contributed by atoms with Crippen molar-refractivity contribution in [2.75, 3.05) is 20.1 Å². The maximum absolute atomic E-state index is 11.7. The van der Waals surface area contributed by atoms with Gasteiger partial charge in [-0.05, 0) is 25.3 Å². The average Bonchev–Trinajstić information content (AvgIpc) is 2.28. The predicted molar refractivity (Wildman–Crippen MR) is 76.5 cm³/mol. The second kappa shape index (κ2) is 12.2. The quantitative estimate of drug-likeness (QED) is 0.651. The molecular weight excluding hydrogens is 236 g/mol. The summed E-state index contributed by atoms with van der Waals surface area (Å²) in [5, 5.41) is 0. The lowest BCUT2D eigenvalue weighted by Gasteiger charge is -2.20. The lowest BCUT2D eigenvalue weighted by molar-refractivity contribution is -0.130. The highest BCUT2D eigenvalue weighted by Crippen LogP contribution is 2.07. The number of amides is 1. The molecule has 4 heteroatoms. The fraction of sp³-hybridized carbons (Fsp3) is 0.923. The molecule has 1 atom stereocenters. The van der Waals surface area contributed by atoms with Crippen LogP contribution in [0.3, 0.4) is 0 Å². The van der Waals surface area contributed by atoms with Crippen molar-refractivity contribution in [1.29, 1.82) is 0 Å². The second-order valence-electron chi connectivity index (χ2n) is 4.74. The van der Waals surface area contributed by atoms with E-state index < -0.39 is 0 Å². The van der Waals surface area contributed by atoms with Crippen molar-refractivity contribution in [1.82, 2.24) is 4.90 Å². The van der Waals surface area contributed by atoms with Crippen molar-refractivity contribution in [3.05, 3.63) is 0 Å². The Labute approximate surface area is 113 Å². The maximum Gasteiger partial charge on any atom is 0.222 e. The molecule has 0 aliphatic heterocycles. The van der Waals surface area contributed by atoms with Crippen LogP contribution in [0, 0.1) is 5.92 Å². The van der Waals surface area contributed by atoms with Crippen molar-refractivity contribution >= 4 is 18.3 Å². The van der Waals surface area contributed by atoms with Gasteiger partial charge in [0.25, 0.3) is 0 Å². The SMILES string of the molecule is CCC(C)CN(C)C(=O)CCCCCCN.Cl. The van der Waals surface area contributed by atoms with Gasteiger partial charge in [0, 0.05) is 20.0 Å². The van der Waals surface area contributed by atoms with Crippen molar-refractivity contribution < 1.29 is 4.79 Å². The Morgan fingerprint density at radius 1 is 1.24 bits per heavy atom. The molecule has 0 bridgehead atoms. The first-order valence-corrected chi connectivity index (χ1v) is 6.55. The van der Waals surface area contributed by atoms with Gasteiger partial charge >= 0.3 is 0 Å². The fourth-order valence-electron chi connectivity index (χ4n) is 1.66. The molecule has 0 aromatic heterocycles. The van der Waals surface area contributed by atoms with Gasteiger partial charge in [-0.15, -0.1) is 12.4 Å². The summed E-state index contributed by atoms with van der Waals surface area (Å²) in [6.45, 7) is 6.00. The summed E-state index contributed by atoms with van der Waals surface area (Å²) in [7, 11) is 1.91. The summed E-state index contributed by atoms with van der Waals surface area (Å²) in [6, 6.07) is 0. The van der Waals surface area contributed by atoms with Gasteiger partial charge in [0.2, 0.25) is 5.91 Å². The molecule has 1 amide bonds. The van der Waals surface area contributed by atoms with Crippen LogP contribution in [-0.2, 0) is 4.79 Å². The zero-order valence-electron chi connectivity index (χ0n) is 11.6. The molecule has 3 nitrogen and oxygen atoms in total. The number of halogens is 1. The van der Waals surface area contributed by atoms with Crippen LogP contribution in [0.2, 0.25) is 0 Å². The van der Waals surface area contributed by atoms with E-state index in [9.17, 15) is 4.79 Å². The van der Waals surface area contributed by atoms with Crippen molar-refractivity contribution in [2.24, 2.45) is 11.7 Å². The van der Waals surface area contributed by atoms with Crippen LogP contribution in [-0.4, -0.2) is 30.9 Å². The maximum atomic E-state index is 11.7. The van der Waals surface area contributed by atoms with Gasteiger partial charge in [-0.1, -0.05) is 33.1 Å². The number of nitrogens with two attached hydrogens (primary N) is 1. The van der Waals surface area contributed by atoms with Gasteiger partial charge < -0.3 is 10.6 Å². The molecule has 0 saturated carbocycles. The van der Waals surface area contributed by atoms with Crippen LogP contribution >= 0.6 is 12.4 Å². The average molecular weight is 265 g/mol. The normalized spacial score (nSPS) is 11.8. The number of rotatable bonds is 9. The molecule has 0 saturated heterocycles. The Kier molecular flexibility index (Phi) is 13.7. The van der Waals surface area contributed by atoms with Crippen LogP contribution in [0.1, 0.15) is 52.4 Å². The molecular formula is C13H29ClN2O. The minimum absolute atomic E-state index is 0. The summed E-state index contributed by atoms with van der Waals surface area (Å²) >= 11 is 0. The van der Waals surface area contributed by atoms with E-state index in [1.807, 2.05) is 11.9 Å². The summed E-state index contributed by atoms with van der Waals surface area (Å²) < 4.78 is 0. The highest BCUT2D eigenvalue weighted by molar-refractivity contribution is 5.85. The fourth-order valence-corrected chi connectivity index (χ4v) is 1.66. The number of hydrogen-bond acceptors (Lipinski definition) is 2. The first-order valence-electron chi connectivity index (χ1n) is 6.55. The molecule has 0 fully saturated rings. The van der Waals surface area contributed by atoms with E-state index in [1.54, 1.807) is 0 Å². The number of unbranched alkanes of at least 4 members (excludes halogenated alkanes) is 3.